The third kappa shape index (κ3) is 5.53. The Balaban J connectivity index is 1.77. The third-order valence-electron chi connectivity index (χ3n) is 3.93. The average molecular weight is 378 g/mol. The first-order valence-corrected chi connectivity index (χ1v) is 9.70. The molecule has 26 heavy (non-hydrogen) atoms. The van der Waals surface area contributed by atoms with Gasteiger partial charge in [0.1, 0.15) is 11.5 Å². The van der Waals surface area contributed by atoms with Crippen molar-refractivity contribution in [2.24, 2.45) is 5.14 Å². The van der Waals surface area contributed by atoms with Crippen molar-refractivity contribution in [2.45, 2.75) is 38.0 Å². The highest BCUT2D eigenvalue weighted by Gasteiger charge is 2.12. The van der Waals surface area contributed by atoms with Crippen LogP contribution in [0.3, 0.4) is 0 Å². The minimum atomic E-state index is -3.69. The zero-order chi connectivity index (χ0) is 19.3. The second-order valence-corrected chi connectivity index (χ2v) is 7.59. The number of primary sulfonamides is 1. The minimum absolute atomic E-state index is 0.0592. The fraction of sp³-hybridized carbons (Fsp3) is 0.333. The van der Waals surface area contributed by atoms with Crippen molar-refractivity contribution in [3.05, 3.63) is 53.0 Å². The summed E-state index contributed by atoms with van der Waals surface area (Å²) < 4.78 is 27.9. The Hall–Kier alpha value is -2.45. The van der Waals surface area contributed by atoms with Crippen LogP contribution in [0, 0.1) is 6.92 Å². The molecule has 2 rings (SSSR count). The Morgan fingerprint density at radius 2 is 1.81 bits per heavy atom. The lowest BCUT2D eigenvalue weighted by molar-refractivity contribution is -0.121. The molecule has 0 unspecified atom stereocenters. The Labute approximate surface area is 152 Å². The number of benzene rings is 1. The smallest absolute Gasteiger partial charge is 0.238 e. The predicted octanol–water partition coefficient (Wildman–Crippen LogP) is 1.73. The van der Waals surface area contributed by atoms with Crippen LogP contribution in [-0.4, -0.2) is 26.7 Å². The number of hydrogen-bond donors (Lipinski definition) is 2. The number of carbonyl (C=O) groups excluding carboxylic acids is 2. The van der Waals surface area contributed by atoms with E-state index in [-0.39, 0.29) is 23.0 Å². The first-order valence-electron chi connectivity index (χ1n) is 8.15. The van der Waals surface area contributed by atoms with Gasteiger partial charge in [-0.25, -0.2) is 13.6 Å². The topological polar surface area (TPSA) is 119 Å². The molecule has 0 aliphatic carbocycles. The van der Waals surface area contributed by atoms with E-state index in [2.05, 4.69) is 5.32 Å². The number of carbonyl (C=O) groups is 2. The summed E-state index contributed by atoms with van der Waals surface area (Å²) in [5.74, 6) is 0.997. The maximum atomic E-state index is 11.9. The molecule has 140 valence electrons. The van der Waals surface area contributed by atoms with E-state index in [4.69, 9.17) is 9.56 Å². The van der Waals surface area contributed by atoms with Gasteiger partial charge in [-0.1, -0.05) is 12.1 Å². The molecule has 0 bridgehead atoms. The molecule has 0 fully saturated rings. The molecule has 3 N–H and O–H groups in total. The summed E-state index contributed by atoms with van der Waals surface area (Å²) in [5, 5.41) is 7.84. The number of nitrogens with one attached hydrogen (secondary N) is 1. The van der Waals surface area contributed by atoms with Crippen molar-refractivity contribution in [3.63, 3.8) is 0 Å². The number of Topliss-reactive ketones (excluding diaryl/α,β-unsaturated/α-hetero) is 1. The minimum Gasteiger partial charge on any atom is -0.466 e. The van der Waals surface area contributed by atoms with E-state index in [0.717, 1.165) is 5.56 Å². The highest BCUT2D eigenvalue weighted by Crippen LogP contribution is 2.16. The summed E-state index contributed by atoms with van der Waals surface area (Å²) in [6, 6.07) is 7.90. The van der Waals surface area contributed by atoms with Crippen molar-refractivity contribution >= 4 is 21.7 Å². The van der Waals surface area contributed by atoms with Crippen molar-refractivity contribution in [1.82, 2.24) is 5.32 Å². The summed E-state index contributed by atoms with van der Waals surface area (Å²) in [4.78, 5) is 23.4. The molecule has 8 heteroatoms. The molecule has 0 atom stereocenters. The summed E-state index contributed by atoms with van der Waals surface area (Å²) in [6.45, 7) is 3.63. The molecule has 1 aromatic carbocycles. The molecule has 2 aromatic rings. The Morgan fingerprint density at radius 1 is 1.15 bits per heavy atom. The maximum Gasteiger partial charge on any atom is 0.238 e. The second kappa shape index (κ2) is 8.29. The molecule has 1 heterocycles. The number of nitrogens with two attached hydrogens (primary N) is 1. The van der Waals surface area contributed by atoms with Crippen LogP contribution in [0.4, 0.5) is 0 Å². The van der Waals surface area contributed by atoms with Gasteiger partial charge in [0.15, 0.2) is 5.78 Å². The normalized spacial score (nSPS) is 11.3. The average Bonchev–Trinajstić information content (AvgIpc) is 2.94. The third-order valence-corrected chi connectivity index (χ3v) is 4.86. The molecule has 0 spiro atoms. The lowest BCUT2D eigenvalue weighted by Crippen LogP contribution is -2.25. The largest absolute Gasteiger partial charge is 0.466 e. The molecular formula is C18H22N2O5S. The maximum absolute atomic E-state index is 11.9. The second-order valence-electron chi connectivity index (χ2n) is 6.03. The number of amides is 1. The van der Waals surface area contributed by atoms with E-state index in [0.29, 0.717) is 36.5 Å². The first-order chi connectivity index (χ1) is 12.2. The molecule has 0 radical (unpaired) electrons. The number of aryl methyl sites for hydroxylation is 2. The molecule has 0 aliphatic rings. The molecule has 0 saturated carbocycles. The monoisotopic (exact) mass is 378 g/mol. The van der Waals surface area contributed by atoms with Crippen LogP contribution in [0.5, 0.6) is 0 Å². The first kappa shape index (κ1) is 19.9. The van der Waals surface area contributed by atoms with Crippen molar-refractivity contribution in [2.75, 3.05) is 6.54 Å². The van der Waals surface area contributed by atoms with E-state index in [1.165, 1.54) is 19.1 Å². The molecule has 7 nitrogen and oxygen atoms in total. The summed E-state index contributed by atoms with van der Waals surface area (Å²) in [7, 11) is -3.69. The van der Waals surface area contributed by atoms with Gasteiger partial charge in [-0.05, 0) is 44.0 Å². The van der Waals surface area contributed by atoms with Gasteiger partial charge in [0.25, 0.3) is 0 Å². The summed E-state index contributed by atoms with van der Waals surface area (Å²) in [5.41, 5.74) is 1.44. The number of sulfonamides is 1. The summed E-state index contributed by atoms with van der Waals surface area (Å²) in [6.07, 6.45) is 1.25. The molecular weight excluding hydrogens is 356 g/mol. The quantitative estimate of drug-likeness (QED) is 0.678. The zero-order valence-corrected chi connectivity index (χ0v) is 15.6. The van der Waals surface area contributed by atoms with E-state index in [1.807, 2.05) is 0 Å². The van der Waals surface area contributed by atoms with Crippen LogP contribution in [0.1, 0.15) is 40.8 Å². The number of hydrogen-bond acceptors (Lipinski definition) is 5. The van der Waals surface area contributed by atoms with Gasteiger partial charge in [-0.15, -0.1) is 0 Å². The lowest BCUT2D eigenvalue weighted by atomic mass is 10.1. The van der Waals surface area contributed by atoms with E-state index in [1.54, 1.807) is 25.1 Å². The Morgan fingerprint density at radius 3 is 2.35 bits per heavy atom. The van der Waals surface area contributed by atoms with Crippen molar-refractivity contribution < 1.29 is 22.4 Å². The Kier molecular flexibility index (Phi) is 6.33. The van der Waals surface area contributed by atoms with Crippen LogP contribution in [0.25, 0.3) is 0 Å². The van der Waals surface area contributed by atoms with Crippen LogP contribution >= 0.6 is 0 Å². The summed E-state index contributed by atoms with van der Waals surface area (Å²) >= 11 is 0. The molecule has 0 saturated heterocycles. The number of furan rings is 1. The van der Waals surface area contributed by atoms with Gasteiger partial charge >= 0.3 is 0 Å². The van der Waals surface area contributed by atoms with Gasteiger partial charge in [-0.2, -0.15) is 0 Å². The van der Waals surface area contributed by atoms with E-state index in [9.17, 15) is 18.0 Å². The fourth-order valence-corrected chi connectivity index (χ4v) is 3.05. The molecule has 1 amide bonds. The van der Waals surface area contributed by atoms with Crippen LogP contribution < -0.4 is 10.5 Å². The van der Waals surface area contributed by atoms with Crippen LogP contribution in [0.2, 0.25) is 0 Å². The van der Waals surface area contributed by atoms with Crippen molar-refractivity contribution in [1.29, 1.82) is 0 Å². The standard InChI is InChI=1S/C18H22N2O5S/c1-12(21)17-11-15(25-13(17)2)5-8-18(22)20-10-9-14-3-6-16(7-4-14)26(19,23)24/h3-4,6-7,11H,5,8-10H2,1-2H3,(H,20,22)(H2,19,23,24). The van der Waals surface area contributed by atoms with Gasteiger partial charge in [0, 0.05) is 19.4 Å². The highest BCUT2D eigenvalue weighted by molar-refractivity contribution is 7.89. The van der Waals surface area contributed by atoms with Crippen molar-refractivity contribution in [3.8, 4) is 0 Å². The van der Waals surface area contributed by atoms with Gasteiger partial charge in [0.2, 0.25) is 15.9 Å². The van der Waals surface area contributed by atoms with E-state index < -0.39 is 10.0 Å². The predicted molar refractivity (Wildman–Crippen MR) is 96.3 cm³/mol. The SMILES string of the molecule is CC(=O)c1cc(CCC(=O)NCCc2ccc(S(N)(=O)=O)cc2)oc1C. The fourth-order valence-electron chi connectivity index (χ4n) is 2.53. The van der Waals surface area contributed by atoms with Crippen LogP contribution in [-0.2, 0) is 27.7 Å². The number of rotatable bonds is 8. The van der Waals surface area contributed by atoms with Gasteiger partial charge in [-0.3, -0.25) is 9.59 Å². The highest BCUT2D eigenvalue weighted by atomic mass is 32.2. The van der Waals surface area contributed by atoms with Gasteiger partial charge < -0.3 is 9.73 Å². The van der Waals surface area contributed by atoms with Crippen LogP contribution in [0.15, 0.2) is 39.6 Å². The zero-order valence-electron chi connectivity index (χ0n) is 14.7. The molecule has 1 aromatic heterocycles. The number of ketones is 1. The lowest BCUT2D eigenvalue weighted by Gasteiger charge is -2.05. The Bertz CT molecular complexity index is 898. The van der Waals surface area contributed by atoms with E-state index >= 15 is 0 Å². The van der Waals surface area contributed by atoms with Gasteiger partial charge in [0.05, 0.1) is 10.5 Å². The molecule has 0 aliphatic heterocycles.